The molecular weight excluding hydrogens is 454 g/mol. The number of hydrogen-bond acceptors (Lipinski definition) is 2. The van der Waals surface area contributed by atoms with Gasteiger partial charge in [0.2, 0.25) is 0 Å². The van der Waals surface area contributed by atoms with E-state index in [0.717, 1.165) is 35.1 Å². The van der Waals surface area contributed by atoms with Crippen molar-refractivity contribution in [1.82, 2.24) is 15.2 Å². The highest BCUT2D eigenvalue weighted by molar-refractivity contribution is 6.03. The molecule has 4 nitrogen and oxygen atoms in total. The predicted molar refractivity (Wildman–Crippen MR) is 154 cm³/mol. The van der Waals surface area contributed by atoms with Crippen LogP contribution < -0.4 is 10.6 Å². The number of carbonyl (C=O) groups excluding carboxylic acids is 1. The Kier molecular flexibility index (Phi) is 7.21. The summed E-state index contributed by atoms with van der Waals surface area (Å²) in [6, 6.07) is 26.7. The van der Waals surface area contributed by atoms with E-state index in [9.17, 15) is 4.79 Å². The lowest BCUT2D eigenvalue weighted by Gasteiger charge is -2.26. The Balaban J connectivity index is 1.83. The highest BCUT2D eigenvalue weighted by Gasteiger charge is 2.34. The summed E-state index contributed by atoms with van der Waals surface area (Å²) in [5, 5.41) is 8.08. The Labute approximate surface area is 221 Å². The first-order valence-electron chi connectivity index (χ1n) is 13.7. The average molecular weight is 494 g/mol. The summed E-state index contributed by atoms with van der Waals surface area (Å²) in [7, 11) is 0. The zero-order valence-electron chi connectivity index (χ0n) is 22.7. The van der Waals surface area contributed by atoms with Crippen molar-refractivity contribution < 1.29 is 4.79 Å². The zero-order valence-corrected chi connectivity index (χ0v) is 22.7. The van der Waals surface area contributed by atoms with Gasteiger partial charge < -0.3 is 15.2 Å². The topological polar surface area (TPSA) is 46.1 Å². The van der Waals surface area contributed by atoms with Gasteiger partial charge in [0.05, 0.1) is 0 Å². The molecule has 2 atom stereocenters. The molecule has 2 heterocycles. The van der Waals surface area contributed by atoms with Gasteiger partial charge in [0.1, 0.15) is 5.69 Å². The number of aromatic nitrogens is 1. The molecule has 0 spiro atoms. The molecule has 192 valence electrons. The Bertz CT molecular complexity index is 1330. The average Bonchev–Trinajstić information content (AvgIpc) is 3.53. The minimum Gasteiger partial charge on any atom is -0.349 e. The summed E-state index contributed by atoms with van der Waals surface area (Å²) in [6.45, 7) is 11.6. The van der Waals surface area contributed by atoms with Gasteiger partial charge in [0.25, 0.3) is 5.91 Å². The summed E-state index contributed by atoms with van der Waals surface area (Å²) in [5.41, 5.74) is 7.84. The lowest BCUT2D eigenvalue weighted by atomic mass is 9.82. The largest absolute Gasteiger partial charge is 0.349 e. The van der Waals surface area contributed by atoms with Crippen LogP contribution in [-0.2, 0) is 0 Å². The van der Waals surface area contributed by atoms with Crippen LogP contribution >= 0.6 is 0 Å². The molecule has 0 aliphatic carbocycles. The third-order valence-electron chi connectivity index (χ3n) is 7.78. The van der Waals surface area contributed by atoms with Crippen molar-refractivity contribution in [2.45, 2.75) is 71.5 Å². The van der Waals surface area contributed by atoms with Crippen LogP contribution in [0.3, 0.4) is 0 Å². The second-order valence-electron chi connectivity index (χ2n) is 11.0. The van der Waals surface area contributed by atoms with Crippen LogP contribution in [0.1, 0.15) is 83.9 Å². The van der Waals surface area contributed by atoms with Crippen LogP contribution in [0.4, 0.5) is 0 Å². The van der Waals surface area contributed by atoms with E-state index in [1.807, 2.05) is 13.8 Å². The Hall–Kier alpha value is -3.37. The number of aryl methyl sites for hydroxylation is 2. The van der Waals surface area contributed by atoms with E-state index >= 15 is 0 Å². The van der Waals surface area contributed by atoms with Gasteiger partial charge in [0, 0.05) is 40.5 Å². The fourth-order valence-electron chi connectivity index (χ4n) is 5.91. The maximum Gasteiger partial charge on any atom is 0.268 e. The molecule has 0 bridgehead atoms. The molecule has 1 aromatic heterocycles. The second kappa shape index (κ2) is 10.5. The van der Waals surface area contributed by atoms with E-state index in [1.54, 1.807) is 0 Å². The number of nitrogens with one attached hydrogen (secondary N) is 2. The molecule has 37 heavy (non-hydrogen) atoms. The number of nitrogens with zero attached hydrogens (tertiary/aromatic N) is 1. The normalized spacial score (nSPS) is 16.6. The standard InChI is InChI=1S/C33H39N3O/c1-21(2)35-33(37)32-31(27-9-6-7-11-29(27)36(32)24(5)28-10-8-20-34-28)30(25-16-12-22(3)13-17-25)26-18-14-23(4)15-19-26/h6-7,9,11-19,21,24,28,30,34H,8,10,20H2,1-5H3,(H,35,37). The molecule has 2 N–H and O–H groups in total. The first-order chi connectivity index (χ1) is 17.8. The van der Waals surface area contributed by atoms with Crippen molar-refractivity contribution in [3.63, 3.8) is 0 Å². The molecule has 4 aromatic rings. The number of rotatable bonds is 7. The molecule has 5 rings (SSSR count). The van der Waals surface area contributed by atoms with Crippen molar-refractivity contribution in [3.8, 4) is 0 Å². The van der Waals surface area contributed by atoms with Gasteiger partial charge in [0.15, 0.2) is 0 Å². The van der Waals surface area contributed by atoms with Crippen LogP contribution in [0, 0.1) is 13.8 Å². The molecule has 4 heteroatoms. The molecule has 1 aliphatic heterocycles. The molecule has 1 amide bonds. The van der Waals surface area contributed by atoms with Gasteiger partial charge in [-0.15, -0.1) is 0 Å². The minimum atomic E-state index is -0.0657. The SMILES string of the molecule is Cc1ccc(C(c2ccc(C)cc2)c2c(C(=O)NC(C)C)n(C(C)C3CCCN3)c3ccccc23)cc1. The number of hydrogen-bond donors (Lipinski definition) is 2. The summed E-state index contributed by atoms with van der Waals surface area (Å²) in [5.74, 6) is -0.0701. The number of amides is 1. The van der Waals surface area contributed by atoms with Gasteiger partial charge in [-0.2, -0.15) is 0 Å². The fraction of sp³-hybridized carbons (Fsp3) is 0.364. The number of carbonyl (C=O) groups is 1. The zero-order chi connectivity index (χ0) is 26.1. The van der Waals surface area contributed by atoms with Gasteiger partial charge >= 0.3 is 0 Å². The van der Waals surface area contributed by atoms with Crippen molar-refractivity contribution in [2.75, 3.05) is 6.54 Å². The van der Waals surface area contributed by atoms with Crippen LogP contribution in [0.25, 0.3) is 10.9 Å². The first kappa shape index (κ1) is 25.3. The van der Waals surface area contributed by atoms with Gasteiger partial charge in [-0.3, -0.25) is 4.79 Å². The first-order valence-corrected chi connectivity index (χ1v) is 13.7. The maximum atomic E-state index is 14.1. The summed E-state index contributed by atoms with van der Waals surface area (Å²) in [4.78, 5) is 14.1. The highest BCUT2D eigenvalue weighted by Crippen LogP contribution is 2.42. The molecule has 1 aliphatic rings. The lowest BCUT2D eigenvalue weighted by Crippen LogP contribution is -2.36. The third-order valence-corrected chi connectivity index (χ3v) is 7.78. The van der Waals surface area contributed by atoms with Gasteiger partial charge in [-0.25, -0.2) is 0 Å². The molecule has 2 unspecified atom stereocenters. The molecular formula is C33H39N3O. The van der Waals surface area contributed by atoms with E-state index in [-0.39, 0.29) is 23.9 Å². The smallest absolute Gasteiger partial charge is 0.268 e. The molecule has 0 saturated carbocycles. The number of fused-ring (bicyclic) bond motifs is 1. The van der Waals surface area contributed by atoms with E-state index < -0.39 is 0 Å². The van der Waals surface area contributed by atoms with Crippen LogP contribution in [0.2, 0.25) is 0 Å². The second-order valence-corrected chi connectivity index (χ2v) is 11.0. The monoisotopic (exact) mass is 493 g/mol. The van der Waals surface area contributed by atoms with Crippen LogP contribution in [-0.4, -0.2) is 29.1 Å². The van der Waals surface area contributed by atoms with Crippen molar-refractivity contribution in [3.05, 3.63) is 106 Å². The summed E-state index contributed by atoms with van der Waals surface area (Å²) >= 11 is 0. The van der Waals surface area contributed by atoms with Gasteiger partial charge in [-0.1, -0.05) is 77.9 Å². The van der Waals surface area contributed by atoms with E-state index in [4.69, 9.17) is 0 Å². The lowest BCUT2D eigenvalue weighted by molar-refractivity contribution is 0.0930. The highest BCUT2D eigenvalue weighted by atomic mass is 16.2. The Morgan fingerprint density at radius 1 is 0.892 bits per heavy atom. The van der Waals surface area contributed by atoms with Crippen molar-refractivity contribution in [1.29, 1.82) is 0 Å². The Morgan fingerprint density at radius 3 is 2.03 bits per heavy atom. The van der Waals surface area contributed by atoms with E-state index in [2.05, 4.69) is 109 Å². The minimum absolute atomic E-state index is 0.00438. The molecule has 3 aromatic carbocycles. The van der Waals surface area contributed by atoms with Gasteiger partial charge in [-0.05, 0) is 71.2 Å². The molecule has 0 radical (unpaired) electrons. The molecule has 1 fully saturated rings. The summed E-state index contributed by atoms with van der Waals surface area (Å²) < 4.78 is 2.32. The number of benzene rings is 3. The predicted octanol–water partition coefficient (Wildman–Crippen LogP) is 6.89. The maximum absolute atomic E-state index is 14.1. The van der Waals surface area contributed by atoms with Crippen LogP contribution in [0.15, 0.2) is 72.8 Å². The van der Waals surface area contributed by atoms with Crippen molar-refractivity contribution >= 4 is 16.8 Å². The van der Waals surface area contributed by atoms with Crippen molar-refractivity contribution in [2.24, 2.45) is 0 Å². The van der Waals surface area contributed by atoms with E-state index in [0.29, 0.717) is 6.04 Å². The number of para-hydroxylation sites is 1. The fourth-order valence-corrected chi connectivity index (χ4v) is 5.91. The molecule has 1 saturated heterocycles. The Morgan fingerprint density at radius 2 is 1.49 bits per heavy atom. The third kappa shape index (κ3) is 4.95. The quantitative estimate of drug-likeness (QED) is 0.294. The van der Waals surface area contributed by atoms with Crippen LogP contribution in [0.5, 0.6) is 0 Å². The van der Waals surface area contributed by atoms with E-state index in [1.165, 1.54) is 28.7 Å². The summed E-state index contributed by atoms with van der Waals surface area (Å²) in [6.07, 6.45) is 2.29.